The van der Waals surface area contributed by atoms with Gasteiger partial charge in [0.1, 0.15) is 5.69 Å². The Balaban J connectivity index is 2.39. The highest BCUT2D eigenvalue weighted by Crippen LogP contribution is 2.32. The molecule has 2 aromatic rings. The maximum Gasteiger partial charge on any atom is 0.201 e. The summed E-state index contributed by atoms with van der Waals surface area (Å²) in [5.41, 5.74) is 6.24. The SMILES string of the molecule is CC(C)c1ncc(-c2oncc2N)s1. The minimum Gasteiger partial charge on any atom is -0.394 e. The predicted octanol–water partition coefficient (Wildman–Crippen LogP) is 2.50. The van der Waals surface area contributed by atoms with Gasteiger partial charge in [-0.25, -0.2) is 4.98 Å². The number of thiazole rings is 1. The molecule has 0 atom stereocenters. The van der Waals surface area contributed by atoms with Gasteiger partial charge in [0.15, 0.2) is 0 Å². The van der Waals surface area contributed by atoms with Gasteiger partial charge >= 0.3 is 0 Å². The number of anilines is 1. The van der Waals surface area contributed by atoms with E-state index in [9.17, 15) is 0 Å². The van der Waals surface area contributed by atoms with Gasteiger partial charge in [-0.1, -0.05) is 19.0 Å². The van der Waals surface area contributed by atoms with Crippen LogP contribution in [0, 0.1) is 0 Å². The molecule has 74 valence electrons. The Hall–Kier alpha value is -1.36. The van der Waals surface area contributed by atoms with Gasteiger partial charge in [-0.05, 0) is 0 Å². The highest BCUT2D eigenvalue weighted by atomic mass is 32.1. The molecule has 0 radical (unpaired) electrons. The first kappa shape index (κ1) is 9.21. The summed E-state index contributed by atoms with van der Waals surface area (Å²) in [7, 11) is 0. The van der Waals surface area contributed by atoms with E-state index in [0.717, 1.165) is 9.88 Å². The Kier molecular flexibility index (Phi) is 2.25. The lowest BCUT2D eigenvalue weighted by molar-refractivity contribution is 0.433. The van der Waals surface area contributed by atoms with Crippen molar-refractivity contribution < 1.29 is 4.52 Å². The molecular formula is C9H11N3OS. The highest BCUT2D eigenvalue weighted by Gasteiger charge is 2.13. The summed E-state index contributed by atoms with van der Waals surface area (Å²) in [6.07, 6.45) is 3.28. The van der Waals surface area contributed by atoms with Crippen LogP contribution in [0.2, 0.25) is 0 Å². The molecule has 14 heavy (non-hydrogen) atoms. The molecule has 2 aromatic heterocycles. The van der Waals surface area contributed by atoms with Gasteiger partial charge in [-0.15, -0.1) is 11.3 Å². The second-order valence-electron chi connectivity index (χ2n) is 3.33. The lowest BCUT2D eigenvalue weighted by Gasteiger charge is -1.95. The fraction of sp³-hybridized carbons (Fsp3) is 0.333. The van der Waals surface area contributed by atoms with Crippen LogP contribution in [0.25, 0.3) is 10.6 Å². The smallest absolute Gasteiger partial charge is 0.201 e. The van der Waals surface area contributed by atoms with E-state index in [0.29, 0.717) is 17.4 Å². The Morgan fingerprint density at radius 1 is 1.43 bits per heavy atom. The Labute approximate surface area is 85.7 Å². The average molecular weight is 209 g/mol. The minimum absolute atomic E-state index is 0.429. The van der Waals surface area contributed by atoms with Crippen molar-refractivity contribution in [2.75, 3.05) is 5.73 Å². The number of hydrogen-bond donors (Lipinski definition) is 1. The Morgan fingerprint density at radius 2 is 2.21 bits per heavy atom. The fourth-order valence-electron chi connectivity index (χ4n) is 1.09. The monoisotopic (exact) mass is 209 g/mol. The lowest BCUT2D eigenvalue weighted by Crippen LogP contribution is -1.82. The van der Waals surface area contributed by atoms with Crippen molar-refractivity contribution in [3.63, 3.8) is 0 Å². The van der Waals surface area contributed by atoms with E-state index in [1.54, 1.807) is 17.5 Å². The summed E-state index contributed by atoms with van der Waals surface area (Å²) in [6.45, 7) is 4.21. The van der Waals surface area contributed by atoms with Crippen LogP contribution in [-0.4, -0.2) is 10.1 Å². The van der Waals surface area contributed by atoms with Crippen molar-refractivity contribution in [3.05, 3.63) is 17.4 Å². The minimum atomic E-state index is 0.429. The largest absolute Gasteiger partial charge is 0.394 e. The number of hydrogen-bond acceptors (Lipinski definition) is 5. The van der Waals surface area contributed by atoms with Gasteiger partial charge in [-0.2, -0.15) is 0 Å². The number of nitrogens with zero attached hydrogens (tertiary/aromatic N) is 2. The van der Waals surface area contributed by atoms with E-state index in [-0.39, 0.29) is 0 Å². The first-order valence-corrected chi connectivity index (χ1v) is 5.16. The molecule has 0 aliphatic carbocycles. The highest BCUT2D eigenvalue weighted by molar-refractivity contribution is 7.15. The topological polar surface area (TPSA) is 64.9 Å². The molecule has 0 aromatic carbocycles. The summed E-state index contributed by atoms with van der Waals surface area (Å²) >= 11 is 1.59. The molecule has 2 heterocycles. The lowest BCUT2D eigenvalue weighted by atomic mass is 10.2. The van der Waals surface area contributed by atoms with Gasteiger partial charge in [0.05, 0.1) is 16.1 Å². The number of nitrogen functional groups attached to an aromatic ring is 1. The van der Waals surface area contributed by atoms with Crippen LogP contribution in [0.15, 0.2) is 16.9 Å². The second-order valence-corrected chi connectivity index (χ2v) is 4.39. The summed E-state index contributed by atoms with van der Waals surface area (Å²) in [5.74, 6) is 1.05. The van der Waals surface area contributed by atoms with E-state index in [1.165, 1.54) is 6.20 Å². The van der Waals surface area contributed by atoms with Gasteiger partial charge < -0.3 is 10.3 Å². The third kappa shape index (κ3) is 1.50. The molecule has 0 saturated carbocycles. The van der Waals surface area contributed by atoms with E-state index >= 15 is 0 Å². The summed E-state index contributed by atoms with van der Waals surface area (Å²) in [4.78, 5) is 5.22. The zero-order chi connectivity index (χ0) is 10.1. The third-order valence-corrected chi connectivity index (χ3v) is 3.14. The summed E-state index contributed by atoms with van der Waals surface area (Å²) in [5, 5.41) is 4.71. The Morgan fingerprint density at radius 3 is 2.71 bits per heavy atom. The fourth-order valence-corrected chi connectivity index (χ4v) is 2.01. The summed E-state index contributed by atoms with van der Waals surface area (Å²) < 4.78 is 5.04. The van der Waals surface area contributed by atoms with Crippen molar-refractivity contribution in [1.29, 1.82) is 0 Å². The van der Waals surface area contributed by atoms with Crippen LogP contribution in [0.5, 0.6) is 0 Å². The zero-order valence-corrected chi connectivity index (χ0v) is 8.84. The maximum absolute atomic E-state index is 5.68. The molecule has 0 spiro atoms. The van der Waals surface area contributed by atoms with Crippen LogP contribution in [0.4, 0.5) is 5.69 Å². The molecular weight excluding hydrogens is 198 g/mol. The maximum atomic E-state index is 5.68. The molecule has 0 aliphatic heterocycles. The molecule has 0 unspecified atom stereocenters. The van der Waals surface area contributed by atoms with E-state index < -0.39 is 0 Å². The number of nitrogens with two attached hydrogens (primary N) is 1. The van der Waals surface area contributed by atoms with Crippen LogP contribution < -0.4 is 5.73 Å². The van der Waals surface area contributed by atoms with E-state index in [1.807, 2.05) is 0 Å². The molecule has 2 N–H and O–H groups in total. The van der Waals surface area contributed by atoms with Crippen molar-refractivity contribution in [2.24, 2.45) is 0 Å². The molecule has 0 aliphatic rings. The third-order valence-electron chi connectivity index (χ3n) is 1.84. The summed E-state index contributed by atoms with van der Waals surface area (Å²) in [6, 6.07) is 0. The van der Waals surface area contributed by atoms with Gasteiger partial charge in [0.2, 0.25) is 5.76 Å². The molecule has 2 rings (SSSR count). The number of rotatable bonds is 2. The molecule has 0 fully saturated rings. The molecule has 4 nitrogen and oxygen atoms in total. The molecule has 5 heteroatoms. The van der Waals surface area contributed by atoms with Gasteiger partial charge in [-0.3, -0.25) is 0 Å². The first-order valence-electron chi connectivity index (χ1n) is 4.34. The van der Waals surface area contributed by atoms with Crippen LogP contribution in [0.1, 0.15) is 24.8 Å². The second kappa shape index (κ2) is 3.42. The van der Waals surface area contributed by atoms with Gasteiger partial charge in [0.25, 0.3) is 0 Å². The predicted molar refractivity (Wildman–Crippen MR) is 56.1 cm³/mol. The van der Waals surface area contributed by atoms with Crippen molar-refractivity contribution in [1.82, 2.24) is 10.1 Å². The Bertz CT molecular complexity index is 433. The van der Waals surface area contributed by atoms with Crippen molar-refractivity contribution >= 4 is 17.0 Å². The van der Waals surface area contributed by atoms with E-state index in [2.05, 4.69) is 24.0 Å². The molecule has 0 amide bonds. The molecule has 0 saturated heterocycles. The normalized spacial score (nSPS) is 11.1. The first-order chi connectivity index (χ1) is 6.68. The number of aromatic nitrogens is 2. The van der Waals surface area contributed by atoms with Crippen LogP contribution in [0.3, 0.4) is 0 Å². The average Bonchev–Trinajstić information content (AvgIpc) is 2.71. The van der Waals surface area contributed by atoms with Crippen molar-refractivity contribution in [2.45, 2.75) is 19.8 Å². The van der Waals surface area contributed by atoms with Crippen molar-refractivity contribution in [3.8, 4) is 10.6 Å². The standard InChI is InChI=1S/C9H11N3OS/c1-5(2)9-11-4-7(14-9)8-6(10)3-12-13-8/h3-5H,10H2,1-2H3. The van der Waals surface area contributed by atoms with Crippen LogP contribution >= 0.6 is 11.3 Å². The zero-order valence-electron chi connectivity index (χ0n) is 8.02. The van der Waals surface area contributed by atoms with Crippen LogP contribution in [-0.2, 0) is 0 Å². The van der Waals surface area contributed by atoms with Gasteiger partial charge in [0, 0.05) is 12.1 Å². The van der Waals surface area contributed by atoms with E-state index in [4.69, 9.17) is 10.3 Å². The molecule has 0 bridgehead atoms. The quantitative estimate of drug-likeness (QED) is 0.825.